The molecule has 0 unspecified atom stereocenters. The molecule has 4 heteroatoms. The van der Waals surface area contributed by atoms with E-state index in [4.69, 9.17) is 5.11 Å². The van der Waals surface area contributed by atoms with Crippen LogP contribution in [0.25, 0.3) is 21.5 Å². The molecule has 0 fully saturated rings. The average Bonchev–Trinajstić information content (AvgIpc) is 2.92. The SMILES string of the molecule is Cc1[nH]c2ccccc2c1-c1ncc(CCO)s1. The standard InChI is InChI=1S/C14H14N2OS/c1-9-13(11-4-2-3-5-12(11)16-9)14-15-8-10(18-14)6-7-17/h2-5,8,16-17H,6-7H2,1H3. The van der Waals surface area contributed by atoms with E-state index in [-0.39, 0.29) is 6.61 Å². The van der Waals surface area contributed by atoms with Crippen molar-refractivity contribution in [1.29, 1.82) is 0 Å². The van der Waals surface area contributed by atoms with Crippen molar-refractivity contribution in [2.45, 2.75) is 13.3 Å². The number of aryl methyl sites for hydroxylation is 1. The van der Waals surface area contributed by atoms with Gasteiger partial charge in [0.1, 0.15) is 5.01 Å². The number of aliphatic hydroxyl groups is 1. The van der Waals surface area contributed by atoms with Crippen LogP contribution in [0.15, 0.2) is 30.5 Å². The van der Waals surface area contributed by atoms with Crippen LogP contribution >= 0.6 is 11.3 Å². The van der Waals surface area contributed by atoms with Crippen LogP contribution in [0.3, 0.4) is 0 Å². The second-order valence-electron chi connectivity index (χ2n) is 4.28. The Morgan fingerprint density at radius 1 is 1.33 bits per heavy atom. The lowest BCUT2D eigenvalue weighted by molar-refractivity contribution is 0.300. The third kappa shape index (κ3) is 1.83. The van der Waals surface area contributed by atoms with Gasteiger partial charge in [-0.25, -0.2) is 4.98 Å². The maximum atomic E-state index is 8.96. The van der Waals surface area contributed by atoms with E-state index < -0.39 is 0 Å². The molecule has 18 heavy (non-hydrogen) atoms. The molecule has 0 aliphatic rings. The van der Waals surface area contributed by atoms with Crippen molar-refractivity contribution in [1.82, 2.24) is 9.97 Å². The third-order valence-electron chi connectivity index (χ3n) is 3.02. The van der Waals surface area contributed by atoms with Gasteiger partial charge in [-0.15, -0.1) is 11.3 Å². The molecule has 3 nitrogen and oxygen atoms in total. The molecule has 0 saturated heterocycles. The Labute approximate surface area is 109 Å². The summed E-state index contributed by atoms with van der Waals surface area (Å²) in [5, 5.41) is 11.2. The van der Waals surface area contributed by atoms with Crippen molar-refractivity contribution in [3.8, 4) is 10.6 Å². The van der Waals surface area contributed by atoms with E-state index in [1.165, 1.54) is 10.9 Å². The summed E-state index contributed by atoms with van der Waals surface area (Å²) in [5.41, 5.74) is 3.46. The van der Waals surface area contributed by atoms with Gasteiger partial charge in [-0.1, -0.05) is 18.2 Å². The summed E-state index contributed by atoms with van der Waals surface area (Å²) in [4.78, 5) is 8.98. The minimum atomic E-state index is 0.175. The number of para-hydroxylation sites is 1. The van der Waals surface area contributed by atoms with Crippen molar-refractivity contribution in [2.24, 2.45) is 0 Å². The predicted octanol–water partition coefficient (Wildman–Crippen LogP) is 3.13. The number of aliphatic hydroxyl groups excluding tert-OH is 1. The number of benzene rings is 1. The van der Waals surface area contributed by atoms with Crippen molar-refractivity contribution < 1.29 is 5.11 Å². The molecule has 0 spiro atoms. The zero-order valence-corrected chi connectivity index (χ0v) is 10.9. The summed E-state index contributed by atoms with van der Waals surface area (Å²) >= 11 is 1.65. The summed E-state index contributed by atoms with van der Waals surface area (Å²) < 4.78 is 0. The highest BCUT2D eigenvalue weighted by atomic mass is 32.1. The van der Waals surface area contributed by atoms with Gasteiger partial charge in [0, 0.05) is 46.3 Å². The van der Waals surface area contributed by atoms with Gasteiger partial charge in [-0.05, 0) is 13.0 Å². The largest absolute Gasteiger partial charge is 0.396 e. The molecule has 0 aliphatic heterocycles. The lowest BCUT2D eigenvalue weighted by Crippen LogP contribution is -1.84. The van der Waals surface area contributed by atoms with Gasteiger partial charge in [0.2, 0.25) is 0 Å². The molecule has 3 aromatic rings. The van der Waals surface area contributed by atoms with Crippen LogP contribution in [0.2, 0.25) is 0 Å². The number of hydrogen-bond donors (Lipinski definition) is 2. The van der Waals surface area contributed by atoms with Crippen molar-refractivity contribution in [2.75, 3.05) is 6.61 Å². The first kappa shape index (κ1) is 11.4. The van der Waals surface area contributed by atoms with Crippen LogP contribution in [-0.4, -0.2) is 21.7 Å². The van der Waals surface area contributed by atoms with Crippen LogP contribution in [0.5, 0.6) is 0 Å². The van der Waals surface area contributed by atoms with Crippen LogP contribution in [-0.2, 0) is 6.42 Å². The number of thiazole rings is 1. The Morgan fingerprint density at radius 3 is 3.00 bits per heavy atom. The van der Waals surface area contributed by atoms with Crippen LogP contribution in [0.1, 0.15) is 10.6 Å². The molecule has 3 rings (SSSR count). The Balaban J connectivity index is 2.15. The molecule has 0 aliphatic carbocycles. The van der Waals surface area contributed by atoms with E-state index in [9.17, 15) is 0 Å². The minimum absolute atomic E-state index is 0.175. The van der Waals surface area contributed by atoms with Crippen LogP contribution in [0.4, 0.5) is 0 Å². The first-order valence-corrected chi connectivity index (χ1v) is 6.74. The number of hydrogen-bond acceptors (Lipinski definition) is 3. The molecule has 0 bridgehead atoms. The predicted molar refractivity (Wildman–Crippen MR) is 74.9 cm³/mol. The van der Waals surface area contributed by atoms with E-state index >= 15 is 0 Å². The van der Waals surface area contributed by atoms with Crippen LogP contribution in [0, 0.1) is 6.92 Å². The van der Waals surface area contributed by atoms with E-state index in [1.54, 1.807) is 11.3 Å². The lowest BCUT2D eigenvalue weighted by Gasteiger charge is -1.95. The number of aromatic amines is 1. The molecular formula is C14H14N2OS. The molecule has 0 amide bonds. The molecule has 2 aromatic heterocycles. The maximum absolute atomic E-state index is 8.96. The van der Waals surface area contributed by atoms with Crippen molar-refractivity contribution in [3.63, 3.8) is 0 Å². The highest BCUT2D eigenvalue weighted by molar-refractivity contribution is 7.15. The topological polar surface area (TPSA) is 48.9 Å². The smallest absolute Gasteiger partial charge is 0.125 e. The van der Waals surface area contributed by atoms with Gasteiger partial charge in [-0.3, -0.25) is 0 Å². The monoisotopic (exact) mass is 258 g/mol. The van der Waals surface area contributed by atoms with Gasteiger partial charge in [0.25, 0.3) is 0 Å². The molecule has 0 radical (unpaired) electrons. The highest BCUT2D eigenvalue weighted by Gasteiger charge is 2.13. The number of nitrogens with one attached hydrogen (secondary N) is 1. The van der Waals surface area contributed by atoms with Gasteiger partial charge in [0.15, 0.2) is 0 Å². The molecule has 0 atom stereocenters. The maximum Gasteiger partial charge on any atom is 0.125 e. The Kier molecular flexibility index (Phi) is 2.89. The second kappa shape index (κ2) is 4.55. The average molecular weight is 258 g/mol. The van der Waals surface area contributed by atoms with Gasteiger partial charge in [-0.2, -0.15) is 0 Å². The summed E-state index contributed by atoms with van der Waals surface area (Å²) in [6.45, 7) is 2.25. The number of nitrogens with zero attached hydrogens (tertiary/aromatic N) is 1. The first-order chi connectivity index (χ1) is 8.79. The minimum Gasteiger partial charge on any atom is -0.396 e. The summed E-state index contributed by atoms with van der Waals surface area (Å²) in [7, 11) is 0. The summed E-state index contributed by atoms with van der Waals surface area (Å²) in [6.07, 6.45) is 2.54. The Bertz CT molecular complexity index is 684. The quantitative estimate of drug-likeness (QED) is 0.758. The van der Waals surface area contributed by atoms with Gasteiger partial charge >= 0.3 is 0 Å². The second-order valence-corrected chi connectivity index (χ2v) is 5.39. The lowest BCUT2D eigenvalue weighted by atomic mass is 10.1. The summed E-state index contributed by atoms with van der Waals surface area (Å²) in [5.74, 6) is 0. The van der Waals surface area contributed by atoms with E-state index in [0.717, 1.165) is 21.1 Å². The first-order valence-electron chi connectivity index (χ1n) is 5.93. The van der Waals surface area contributed by atoms with Crippen molar-refractivity contribution in [3.05, 3.63) is 41.0 Å². The number of fused-ring (bicyclic) bond motifs is 1. The van der Waals surface area contributed by atoms with Crippen molar-refractivity contribution >= 4 is 22.2 Å². The van der Waals surface area contributed by atoms with E-state index in [2.05, 4.69) is 29.0 Å². The fourth-order valence-corrected chi connectivity index (χ4v) is 3.22. The number of aromatic nitrogens is 2. The van der Waals surface area contributed by atoms with E-state index in [1.807, 2.05) is 18.3 Å². The normalized spacial score (nSPS) is 11.2. The van der Waals surface area contributed by atoms with Gasteiger partial charge in [0.05, 0.1) is 0 Å². The summed E-state index contributed by atoms with van der Waals surface area (Å²) in [6, 6.07) is 8.26. The zero-order chi connectivity index (χ0) is 12.5. The fourth-order valence-electron chi connectivity index (χ4n) is 2.20. The molecule has 0 saturated carbocycles. The third-order valence-corrected chi connectivity index (χ3v) is 4.09. The fraction of sp³-hybridized carbons (Fsp3) is 0.214. The van der Waals surface area contributed by atoms with Gasteiger partial charge < -0.3 is 10.1 Å². The molecule has 2 N–H and O–H groups in total. The molecule has 92 valence electrons. The Morgan fingerprint density at radius 2 is 2.17 bits per heavy atom. The van der Waals surface area contributed by atoms with E-state index in [0.29, 0.717) is 6.42 Å². The molecule has 1 aromatic carbocycles. The number of rotatable bonds is 3. The Hall–Kier alpha value is -1.65. The van der Waals surface area contributed by atoms with Crippen LogP contribution < -0.4 is 0 Å². The highest BCUT2D eigenvalue weighted by Crippen LogP contribution is 2.34. The zero-order valence-electron chi connectivity index (χ0n) is 10.1. The number of H-pyrrole nitrogens is 1. The molecule has 2 heterocycles. The molecular weight excluding hydrogens is 244 g/mol.